The minimum Gasteiger partial charge on any atom is -0.462 e. The molecule has 0 aromatic heterocycles. The molecule has 0 fully saturated rings. The van der Waals surface area contributed by atoms with Gasteiger partial charge in [-0.2, -0.15) is 0 Å². The number of rotatable bonds is 58. The molecular weight excluding hydrogens is 877 g/mol. The van der Waals surface area contributed by atoms with Crippen LogP contribution in [0.4, 0.5) is 0 Å². The van der Waals surface area contributed by atoms with Gasteiger partial charge in [0.25, 0.3) is 0 Å². The third-order valence-electron chi connectivity index (χ3n) is 15.3. The summed E-state index contributed by atoms with van der Waals surface area (Å²) in [6, 6.07) is 0. The summed E-state index contributed by atoms with van der Waals surface area (Å²) in [7, 11) is 0. The summed E-state index contributed by atoms with van der Waals surface area (Å²) in [5.41, 5.74) is 0. The summed E-state index contributed by atoms with van der Waals surface area (Å²) < 4.78 is 17.0. The smallest absolute Gasteiger partial charge is 0.306 e. The molecule has 0 spiro atoms. The molecule has 0 heterocycles. The molecule has 0 radical (unpaired) electrons. The summed E-state index contributed by atoms with van der Waals surface area (Å²) in [4.78, 5) is 38.3. The number of carbonyl (C=O) groups excluding carboxylic acids is 3. The Kier molecular flexibility index (Phi) is 54.9. The highest BCUT2D eigenvalue weighted by atomic mass is 16.6. The zero-order valence-corrected chi connectivity index (χ0v) is 49.0. The average molecular weight is 1000 g/mol. The molecule has 2 atom stereocenters. The lowest BCUT2D eigenvalue weighted by atomic mass is 9.99. The lowest BCUT2D eigenvalue weighted by molar-refractivity contribution is -0.167. The van der Waals surface area contributed by atoms with Gasteiger partial charge in [0.2, 0.25) is 0 Å². The normalized spacial score (nSPS) is 12.5. The van der Waals surface area contributed by atoms with Crippen LogP contribution in [0.25, 0.3) is 0 Å². The molecule has 0 rings (SSSR count). The fourth-order valence-electron chi connectivity index (χ4n) is 10.0. The second-order valence-corrected chi connectivity index (χ2v) is 23.6. The Balaban J connectivity index is 4.25. The second-order valence-electron chi connectivity index (χ2n) is 23.6. The van der Waals surface area contributed by atoms with Crippen LogP contribution < -0.4 is 0 Å². The maximum absolute atomic E-state index is 12.9. The Bertz CT molecular complexity index is 1100. The highest BCUT2D eigenvalue weighted by Gasteiger charge is 2.19. The van der Waals surface area contributed by atoms with Crippen molar-refractivity contribution in [1.29, 1.82) is 0 Å². The van der Waals surface area contributed by atoms with E-state index in [0.717, 1.165) is 75.5 Å². The van der Waals surface area contributed by atoms with Crippen molar-refractivity contribution in [2.75, 3.05) is 13.2 Å². The van der Waals surface area contributed by atoms with E-state index in [1.807, 2.05) is 0 Å². The van der Waals surface area contributed by atoms with E-state index in [-0.39, 0.29) is 31.1 Å². The van der Waals surface area contributed by atoms with E-state index in [4.69, 9.17) is 14.2 Å². The first-order chi connectivity index (χ1) is 34.6. The van der Waals surface area contributed by atoms with E-state index in [9.17, 15) is 14.4 Å². The van der Waals surface area contributed by atoms with Gasteiger partial charge in [-0.05, 0) is 37.0 Å². The standard InChI is InChI=1S/C65H126O6/c1-7-61(6)53-47-41-35-29-22-18-14-10-8-9-11-15-19-23-30-36-42-48-54-63(66)69-57-62(58-70-64(67)55-49-43-37-31-26-25-28-34-40-46-52-60(4)5)71-65(68)56-50-44-38-32-24-20-16-12-13-17-21-27-33-39-45-51-59(2)3/h59-62H,7-58H2,1-6H3/t61?,62-/m1/s1. The van der Waals surface area contributed by atoms with E-state index in [0.29, 0.717) is 19.3 Å². The van der Waals surface area contributed by atoms with E-state index >= 15 is 0 Å². The molecule has 0 saturated carbocycles. The molecule has 1 unspecified atom stereocenters. The number of hydrogen-bond donors (Lipinski definition) is 0. The average Bonchev–Trinajstić information content (AvgIpc) is 3.35. The number of esters is 3. The predicted molar refractivity (Wildman–Crippen MR) is 307 cm³/mol. The maximum Gasteiger partial charge on any atom is 0.306 e. The molecule has 0 aliphatic heterocycles. The second kappa shape index (κ2) is 56.1. The van der Waals surface area contributed by atoms with Crippen LogP contribution in [-0.2, 0) is 28.6 Å². The van der Waals surface area contributed by atoms with Gasteiger partial charge in [-0.25, -0.2) is 0 Å². The third-order valence-corrected chi connectivity index (χ3v) is 15.3. The number of unbranched alkanes of at least 4 members (excludes halogenated alkanes) is 40. The molecule has 6 heteroatoms. The van der Waals surface area contributed by atoms with E-state index < -0.39 is 6.10 Å². The van der Waals surface area contributed by atoms with Crippen LogP contribution in [0.5, 0.6) is 0 Å². The van der Waals surface area contributed by atoms with Crippen LogP contribution in [0.2, 0.25) is 0 Å². The Labute approximate surface area is 444 Å². The molecule has 0 amide bonds. The largest absolute Gasteiger partial charge is 0.462 e. The molecule has 0 aliphatic rings. The number of carbonyl (C=O) groups is 3. The van der Waals surface area contributed by atoms with Gasteiger partial charge >= 0.3 is 17.9 Å². The third kappa shape index (κ3) is 57.5. The molecule has 6 nitrogen and oxygen atoms in total. The Morgan fingerprint density at radius 2 is 0.493 bits per heavy atom. The molecule has 0 aliphatic carbocycles. The van der Waals surface area contributed by atoms with Crippen LogP contribution >= 0.6 is 0 Å². The molecular formula is C65H126O6. The number of ether oxygens (including phenoxy) is 3. The lowest BCUT2D eigenvalue weighted by Gasteiger charge is -2.18. The molecule has 0 aromatic carbocycles. The van der Waals surface area contributed by atoms with Gasteiger partial charge in [-0.15, -0.1) is 0 Å². The van der Waals surface area contributed by atoms with Crippen LogP contribution in [-0.4, -0.2) is 37.2 Å². The van der Waals surface area contributed by atoms with Crippen LogP contribution in [0, 0.1) is 17.8 Å². The highest BCUT2D eigenvalue weighted by Crippen LogP contribution is 2.19. The molecule has 0 aromatic rings. The Morgan fingerprint density at radius 1 is 0.282 bits per heavy atom. The first kappa shape index (κ1) is 69.4. The summed E-state index contributed by atoms with van der Waals surface area (Å²) in [6.07, 6.45) is 61.0. The Hall–Kier alpha value is -1.59. The van der Waals surface area contributed by atoms with Gasteiger partial charge in [-0.1, -0.05) is 324 Å². The summed E-state index contributed by atoms with van der Waals surface area (Å²) in [5, 5.41) is 0. The van der Waals surface area contributed by atoms with Crippen LogP contribution in [0.3, 0.4) is 0 Å². The van der Waals surface area contributed by atoms with Crippen LogP contribution in [0.15, 0.2) is 0 Å². The minimum absolute atomic E-state index is 0.0627. The van der Waals surface area contributed by atoms with E-state index in [2.05, 4.69) is 41.5 Å². The van der Waals surface area contributed by atoms with Crippen molar-refractivity contribution < 1.29 is 28.6 Å². The monoisotopic (exact) mass is 1000 g/mol. The first-order valence-electron chi connectivity index (χ1n) is 32.1. The Morgan fingerprint density at radius 3 is 0.732 bits per heavy atom. The van der Waals surface area contributed by atoms with Gasteiger partial charge < -0.3 is 14.2 Å². The molecule has 0 bridgehead atoms. The molecule has 0 saturated heterocycles. The molecule has 0 N–H and O–H groups in total. The van der Waals surface area contributed by atoms with Crippen molar-refractivity contribution in [1.82, 2.24) is 0 Å². The van der Waals surface area contributed by atoms with Gasteiger partial charge in [-0.3, -0.25) is 14.4 Å². The van der Waals surface area contributed by atoms with Crippen molar-refractivity contribution in [2.24, 2.45) is 17.8 Å². The summed E-state index contributed by atoms with van der Waals surface area (Å²) in [6.45, 7) is 13.8. The van der Waals surface area contributed by atoms with Gasteiger partial charge in [0.05, 0.1) is 0 Å². The van der Waals surface area contributed by atoms with Crippen LogP contribution in [0.1, 0.15) is 363 Å². The fourth-order valence-corrected chi connectivity index (χ4v) is 10.0. The van der Waals surface area contributed by atoms with Crippen molar-refractivity contribution in [2.45, 2.75) is 369 Å². The topological polar surface area (TPSA) is 78.9 Å². The molecule has 71 heavy (non-hydrogen) atoms. The molecule has 422 valence electrons. The highest BCUT2D eigenvalue weighted by molar-refractivity contribution is 5.71. The van der Waals surface area contributed by atoms with Gasteiger partial charge in [0, 0.05) is 19.3 Å². The first-order valence-corrected chi connectivity index (χ1v) is 32.1. The summed E-state index contributed by atoms with van der Waals surface area (Å²) in [5.74, 6) is 1.74. The predicted octanol–water partition coefficient (Wildman–Crippen LogP) is 21.5. The van der Waals surface area contributed by atoms with E-state index in [1.165, 1.54) is 244 Å². The van der Waals surface area contributed by atoms with Crippen molar-refractivity contribution in [3.63, 3.8) is 0 Å². The van der Waals surface area contributed by atoms with Crippen molar-refractivity contribution in [3.05, 3.63) is 0 Å². The SMILES string of the molecule is CCC(C)CCCCCCCCCCCCCCCCCCCCC(=O)OC[C@H](COC(=O)CCCCCCCCCCCCC(C)C)OC(=O)CCCCCCCCCCCCCCCCCC(C)C. The zero-order valence-electron chi connectivity index (χ0n) is 49.0. The van der Waals surface area contributed by atoms with Crippen molar-refractivity contribution in [3.8, 4) is 0 Å². The lowest BCUT2D eigenvalue weighted by Crippen LogP contribution is -2.30. The maximum atomic E-state index is 12.9. The number of hydrogen-bond acceptors (Lipinski definition) is 6. The zero-order chi connectivity index (χ0) is 51.9. The van der Waals surface area contributed by atoms with Gasteiger partial charge in [0.15, 0.2) is 6.10 Å². The fraction of sp³-hybridized carbons (Fsp3) is 0.954. The van der Waals surface area contributed by atoms with Crippen molar-refractivity contribution >= 4 is 17.9 Å². The van der Waals surface area contributed by atoms with Gasteiger partial charge in [0.1, 0.15) is 13.2 Å². The minimum atomic E-state index is -0.764. The summed E-state index contributed by atoms with van der Waals surface area (Å²) >= 11 is 0. The quantitative estimate of drug-likeness (QED) is 0.0343. The van der Waals surface area contributed by atoms with E-state index in [1.54, 1.807) is 0 Å².